The van der Waals surface area contributed by atoms with Crippen LogP contribution in [0.4, 0.5) is 0 Å². The van der Waals surface area contributed by atoms with Gasteiger partial charge in [0.15, 0.2) is 11.5 Å². The maximum absolute atomic E-state index is 13.8. The highest BCUT2D eigenvalue weighted by atomic mass is 32.2. The van der Waals surface area contributed by atoms with Crippen molar-refractivity contribution in [2.45, 2.75) is 109 Å². The van der Waals surface area contributed by atoms with Gasteiger partial charge in [0, 0.05) is 51.4 Å². The normalized spacial score (nSPS) is 23.8. The smallest absolute Gasteiger partial charge is 0.279 e. The number of nitrogens with one attached hydrogen (secondary N) is 1. The number of ether oxygens (including phenoxy) is 2. The minimum atomic E-state index is -3.65. The van der Waals surface area contributed by atoms with Crippen molar-refractivity contribution in [3.05, 3.63) is 23.3 Å². The predicted octanol–water partition coefficient (Wildman–Crippen LogP) is 4.82. The molecule has 1 aromatic carbocycles. The Morgan fingerprint density at radius 1 is 0.909 bits per heavy atom. The summed E-state index contributed by atoms with van der Waals surface area (Å²) < 4.78 is 71.3. The van der Waals surface area contributed by atoms with Gasteiger partial charge in [-0.3, -0.25) is 4.90 Å². The fourth-order valence-electron chi connectivity index (χ4n) is 7.58. The Hall–Kier alpha value is -1.44. The Kier molecular flexibility index (Phi) is 11.9. The first-order valence-corrected chi connectivity index (χ1v) is 20.2. The summed E-state index contributed by atoms with van der Waals surface area (Å²) in [6.45, 7) is 8.11. The van der Waals surface area contributed by atoms with Crippen molar-refractivity contribution < 1.29 is 26.3 Å². The molecule has 4 aliphatic rings. The molecule has 0 radical (unpaired) electrons. The van der Waals surface area contributed by atoms with E-state index >= 15 is 0 Å². The number of piperidine rings is 2. The van der Waals surface area contributed by atoms with Gasteiger partial charge in [-0.15, -0.1) is 0 Å². The molecule has 4 aliphatic heterocycles. The summed E-state index contributed by atoms with van der Waals surface area (Å²) in [6, 6.07) is 4.34. The lowest BCUT2D eigenvalue weighted by Gasteiger charge is -2.51. The number of nitrogens with zero attached hydrogens (tertiary/aromatic N) is 3. The number of unbranched alkanes of at least 4 members (excludes halogenated alkanes) is 6. The van der Waals surface area contributed by atoms with Crippen molar-refractivity contribution >= 4 is 20.2 Å². The fraction of sp³-hybridized carbons (Fsp3) is 0.812. The molecular weight excluding hydrogens is 601 g/mol. The van der Waals surface area contributed by atoms with E-state index in [4.69, 9.17) is 9.47 Å². The standard InChI is InChI=1S/C32H54N4O6S2/c1-3-5-7-9-16-35(17-10-8-6-4-2)44(39,40)33-15-12-20-43(37,38)36-18-11-13-27-24-34-19-14-26-21-31-32(42-25-41-31)22-28(26)30(34)23-29(27)36/h21-22,27,29-30,33H,3-20,23-25H2,1-2H3/t27-,29+,30+/m1/s1. The van der Waals surface area contributed by atoms with E-state index in [9.17, 15) is 16.8 Å². The summed E-state index contributed by atoms with van der Waals surface area (Å²) >= 11 is 0. The molecule has 0 spiro atoms. The van der Waals surface area contributed by atoms with Crippen molar-refractivity contribution in [2.24, 2.45) is 5.92 Å². The van der Waals surface area contributed by atoms with Crippen LogP contribution >= 0.6 is 0 Å². The van der Waals surface area contributed by atoms with E-state index in [1.54, 1.807) is 8.61 Å². The van der Waals surface area contributed by atoms with Crippen LogP contribution in [-0.2, 0) is 26.7 Å². The van der Waals surface area contributed by atoms with Crippen molar-refractivity contribution in [3.63, 3.8) is 0 Å². The molecule has 12 heteroatoms. The molecule has 250 valence electrons. The Morgan fingerprint density at radius 3 is 2.32 bits per heavy atom. The monoisotopic (exact) mass is 654 g/mol. The van der Waals surface area contributed by atoms with Crippen LogP contribution in [0, 0.1) is 5.92 Å². The minimum Gasteiger partial charge on any atom is -0.454 e. The second-order valence-electron chi connectivity index (χ2n) is 13.1. The Morgan fingerprint density at radius 2 is 1.61 bits per heavy atom. The van der Waals surface area contributed by atoms with E-state index in [0.717, 1.165) is 102 Å². The lowest BCUT2D eigenvalue weighted by molar-refractivity contribution is 0.0219. The lowest BCUT2D eigenvalue weighted by Crippen LogP contribution is -2.57. The average molecular weight is 655 g/mol. The van der Waals surface area contributed by atoms with Gasteiger partial charge >= 0.3 is 0 Å². The second kappa shape index (κ2) is 15.4. The van der Waals surface area contributed by atoms with Crippen LogP contribution in [0.25, 0.3) is 0 Å². The zero-order chi connectivity index (χ0) is 31.2. The predicted molar refractivity (Wildman–Crippen MR) is 174 cm³/mol. The molecule has 1 aromatic rings. The molecule has 0 aromatic heterocycles. The van der Waals surface area contributed by atoms with Gasteiger partial charge in [-0.05, 0) is 74.1 Å². The van der Waals surface area contributed by atoms with Crippen LogP contribution < -0.4 is 14.2 Å². The first kappa shape index (κ1) is 33.9. The zero-order valence-corrected chi connectivity index (χ0v) is 28.5. The highest BCUT2D eigenvalue weighted by Gasteiger charge is 2.46. The molecule has 44 heavy (non-hydrogen) atoms. The van der Waals surface area contributed by atoms with Gasteiger partial charge in [0.25, 0.3) is 10.2 Å². The van der Waals surface area contributed by atoms with E-state index in [-0.39, 0.29) is 37.6 Å². The third-order valence-electron chi connectivity index (χ3n) is 9.99. The van der Waals surface area contributed by atoms with Crippen LogP contribution in [0.2, 0.25) is 0 Å². The van der Waals surface area contributed by atoms with Gasteiger partial charge in [-0.2, -0.15) is 17.0 Å². The number of sulfonamides is 1. The minimum absolute atomic E-state index is 0.0372. The highest BCUT2D eigenvalue weighted by molar-refractivity contribution is 7.89. The topological polar surface area (TPSA) is 108 Å². The van der Waals surface area contributed by atoms with Crippen LogP contribution in [0.15, 0.2) is 12.1 Å². The third kappa shape index (κ3) is 8.09. The third-order valence-corrected chi connectivity index (χ3v) is 13.6. The number of fused-ring (bicyclic) bond motifs is 5. The van der Waals surface area contributed by atoms with Gasteiger partial charge in [-0.1, -0.05) is 52.4 Å². The van der Waals surface area contributed by atoms with Gasteiger partial charge in [0.1, 0.15) is 0 Å². The summed E-state index contributed by atoms with van der Waals surface area (Å²) in [5, 5.41) is 0. The fourth-order valence-corrected chi connectivity index (χ4v) is 10.7. The van der Waals surface area contributed by atoms with Crippen LogP contribution in [-0.4, -0.2) is 88.2 Å². The van der Waals surface area contributed by atoms with E-state index in [2.05, 4.69) is 35.6 Å². The molecule has 3 atom stereocenters. The van der Waals surface area contributed by atoms with Crippen molar-refractivity contribution in [1.29, 1.82) is 0 Å². The van der Waals surface area contributed by atoms with Crippen molar-refractivity contribution in [1.82, 2.24) is 18.2 Å². The van der Waals surface area contributed by atoms with Crippen molar-refractivity contribution in [2.75, 3.05) is 51.8 Å². The van der Waals surface area contributed by atoms with Crippen molar-refractivity contribution in [3.8, 4) is 11.5 Å². The molecule has 2 fully saturated rings. The zero-order valence-electron chi connectivity index (χ0n) is 26.8. The van der Waals surface area contributed by atoms with E-state index in [1.807, 2.05) is 0 Å². The molecule has 10 nitrogen and oxygen atoms in total. The number of rotatable bonds is 17. The second-order valence-corrected chi connectivity index (χ2v) is 16.9. The molecule has 0 bridgehead atoms. The maximum Gasteiger partial charge on any atom is 0.279 e. The highest BCUT2D eigenvalue weighted by Crippen LogP contribution is 2.46. The largest absolute Gasteiger partial charge is 0.454 e. The van der Waals surface area contributed by atoms with Gasteiger partial charge < -0.3 is 9.47 Å². The van der Waals surface area contributed by atoms with Crippen LogP contribution in [0.1, 0.15) is 108 Å². The van der Waals surface area contributed by atoms with E-state index in [0.29, 0.717) is 25.6 Å². The molecule has 1 N–H and O–H groups in total. The Bertz CT molecular complexity index is 1300. The number of hydrogen-bond donors (Lipinski definition) is 1. The first-order valence-electron chi connectivity index (χ1n) is 17.1. The van der Waals surface area contributed by atoms with Crippen LogP contribution in [0.3, 0.4) is 0 Å². The molecule has 4 heterocycles. The number of benzene rings is 1. The molecule has 0 amide bonds. The number of hydrogen-bond acceptors (Lipinski definition) is 7. The first-order chi connectivity index (χ1) is 21.2. The Balaban J connectivity index is 1.18. The van der Waals surface area contributed by atoms with E-state index in [1.165, 1.54) is 11.1 Å². The van der Waals surface area contributed by atoms with Gasteiger partial charge in [-0.25, -0.2) is 13.1 Å². The SMILES string of the molecule is CCCCCCN(CCCCCC)S(=O)(=O)NCCCS(=O)(=O)N1CCC[C@@H]2CN3CCc4cc5c(cc4[C@@H]3C[C@@H]21)OCO5. The maximum atomic E-state index is 13.8. The van der Waals surface area contributed by atoms with E-state index < -0.39 is 20.2 Å². The van der Waals surface area contributed by atoms with Gasteiger partial charge in [0.05, 0.1) is 5.75 Å². The quantitative estimate of drug-likeness (QED) is 0.240. The summed E-state index contributed by atoms with van der Waals surface area (Å²) in [4.78, 5) is 2.53. The molecule has 0 unspecified atom stereocenters. The van der Waals surface area contributed by atoms with Crippen LogP contribution in [0.5, 0.6) is 11.5 Å². The lowest BCUT2D eigenvalue weighted by atomic mass is 9.77. The average Bonchev–Trinajstić information content (AvgIpc) is 3.47. The molecule has 2 saturated heterocycles. The summed E-state index contributed by atoms with van der Waals surface area (Å²) in [7, 11) is -7.19. The molecule has 0 aliphatic carbocycles. The summed E-state index contributed by atoms with van der Waals surface area (Å²) in [5.41, 5.74) is 2.52. The summed E-state index contributed by atoms with van der Waals surface area (Å²) in [5.74, 6) is 1.86. The summed E-state index contributed by atoms with van der Waals surface area (Å²) in [6.07, 6.45) is 12.0. The molecule has 5 rings (SSSR count). The Labute approximate surface area is 266 Å². The molecular formula is C32H54N4O6S2. The molecule has 0 saturated carbocycles. The van der Waals surface area contributed by atoms with Gasteiger partial charge in [0.2, 0.25) is 16.8 Å².